The van der Waals surface area contributed by atoms with Gasteiger partial charge in [-0.15, -0.1) is 21.5 Å². The van der Waals surface area contributed by atoms with Crippen LogP contribution in [0.1, 0.15) is 40.0 Å². The van der Waals surface area contributed by atoms with E-state index in [2.05, 4.69) is 40.9 Å². The van der Waals surface area contributed by atoms with Gasteiger partial charge in [0.15, 0.2) is 11.0 Å². The summed E-state index contributed by atoms with van der Waals surface area (Å²) in [6.45, 7) is 7.41. The van der Waals surface area contributed by atoms with Crippen LogP contribution in [0, 0.1) is 11.8 Å². The third-order valence-corrected chi connectivity index (χ3v) is 6.99. The summed E-state index contributed by atoms with van der Waals surface area (Å²) in [4.78, 5) is 13.5. The minimum absolute atomic E-state index is 0.0966. The first-order valence-electron chi connectivity index (χ1n) is 8.99. The van der Waals surface area contributed by atoms with Gasteiger partial charge in [0.2, 0.25) is 5.91 Å². The van der Waals surface area contributed by atoms with Crippen LogP contribution in [0.25, 0.3) is 10.7 Å². The van der Waals surface area contributed by atoms with Gasteiger partial charge < -0.3 is 9.88 Å². The number of carbonyl (C=O) groups excluding carboxylic acids is 1. The second-order valence-electron chi connectivity index (χ2n) is 6.76. The topological polar surface area (TPSA) is 59.8 Å². The molecule has 25 heavy (non-hydrogen) atoms. The molecule has 1 N–H and O–H groups in total. The van der Waals surface area contributed by atoms with E-state index in [1.165, 1.54) is 24.6 Å². The zero-order chi connectivity index (χ0) is 17.8. The van der Waals surface area contributed by atoms with Gasteiger partial charge >= 0.3 is 0 Å². The number of thiophene rings is 1. The Balaban J connectivity index is 1.59. The minimum atomic E-state index is 0.0966. The van der Waals surface area contributed by atoms with E-state index >= 15 is 0 Å². The predicted octanol–water partition coefficient (Wildman–Crippen LogP) is 4.06. The molecule has 2 aromatic rings. The third kappa shape index (κ3) is 4.26. The van der Waals surface area contributed by atoms with E-state index in [0.717, 1.165) is 28.8 Å². The van der Waals surface area contributed by atoms with Crippen molar-refractivity contribution in [3.8, 4) is 10.7 Å². The number of nitrogens with one attached hydrogen (secondary N) is 1. The van der Waals surface area contributed by atoms with Gasteiger partial charge in [-0.2, -0.15) is 0 Å². The van der Waals surface area contributed by atoms with Crippen LogP contribution < -0.4 is 5.32 Å². The maximum absolute atomic E-state index is 12.4. The van der Waals surface area contributed by atoms with Crippen molar-refractivity contribution in [1.82, 2.24) is 20.1 Å². The Kier molecular flexibility index (Phi) is 6.17. The largest absolute Gasteiger partial charge is 0.352 e. The van der Waals surface area contributed by atoms with E-state index in [-0.39, 0.29) is 5.91 Å². The molecule has 0 unspecified atom stereocenters. The average Bonchev–Trinajstić information content (AvgIpc) is 3.25. The van der Waals surface area contributed by atoms with E-state index in [1.54, 1.807) is 11.3 Å². The lowest BCUT2D eigenvalue weighted by molar-refractivity contribution is -0.120. The van der Waals surface area contributed by atoms with E-state index in [0.29, 0.717) is 23.6 Å². The summed E-state index contributed by atoms with van der Waals surface area (Å²) < 4.78 is 2.08. The normalized spacial score (nSPS) is 23.6. The summed E-state index contributed by atoms with van der Waals surface area (Å²) in [5.41, 5.74) is 0. The molecule has 1 amide bonds. The van der Waals surface area contributed by atoms with Gasteiger partial charge in [-0.25, -0.2) is 0 Å². The van der Waals surface area contributed by atoms with E-state index in [1.807, 2.05) is 17.5 Å². The van der Waals surface area contributed by atoms with Crippen LogP contribution in [0.15, 0.2) is 22.7 Å². The molecule has 5 nitrogen and oxygen atoms in total. The second-order valence-corrected chi connectivity index (χ2v) is 8.65. The zero-order valence-corrected chi connectivity index (χ0v) is 16.7. The van der Waals surface area contributed by atoms with Crippen molar-refractivity contribution in [2.75, 3.05) is 5.75 Å². The smallest absolute Gasteiger partial charge is 0.230 e. The lowest BCUT2D eigenvalue weighted by Gasteiger charge is -2.34. The van der Waals surface area contributed by atoms with Crippen LogP contribution in [-0.2, 0) is 11.3 Å². The lowest BCUT2D eigenvalue weighted by Crippen LogP contribution is -2.44. The van der Waals surface area contributed by atoms with Crippen molar-refractivity contribution in [3.05, 3.63) is 17.5 Å². The van der Waals surface area contributed by atoms with Gasteiger partial charge in [-0.05, 0) is 36.6 Å². The fraction of sp³-hybridized carbons (Fsp3) is 0.611. The van der Waals surface area contributed by atoms with Crippen LogP contribution in [0.3, 0.4) is 0 Å². The monoisotopic (exact) mass is 378 g/mol. The Morgan fingerprint density at radius 2 is 2.24 bits per heavy atom. The van der Waals surface area contributed by atoms with Crippen molar-refractivity contribution in [3.63, 3.8) is 0 Å². The maximum Gasteiger partial charge on any atom is 0.230 e. The van der Waals surface area contributed by atoms with Crippen LogP contribution >= 0.6 is 23.1 Å². The molecule has 136 valence electrons. The van der Waals surface area contributed by atoms with E-state index in [4.69, 9.17) is 0 Å². The first-order valence-corrected chi connectivity index (χ1v) is 10.9. The molecule has 0 bridgehead atoms. The molecule has 2 aromatic heterocycles. The van der Waals surface area contributed by atoms with Crippen LogP contribution in [0.5, 0.6) is 0 Å². The Morgan fingerprint density at radius 3 is 2.96 bits per heavy atom. The van der Waals surface area contributed by atoms with Gasteiger partial charge in [0, 0.05) is 12.6 Å². The minimum Gasteiger partial charge on any atom is -0.352 e. The molecule has 0 aromatic carbocycles. The fourth-order valence-corrected chi connectivity index (χ4v) is 4.96. The van der Waals surface area contributed by atoms with Gasteiger partial charge in [0.05, 0.1) is 10.6 Å². The van der Waals surface area contributed by atoms with E-state index < -0.39 is 0 Å². The number of hydrogen-bond donors (Lipinski definition) is 1. The summed E-state index contributed by atoms with van der Waals surface area (Å²) in [5.74, 6) is 2.60. The van der Waals surface area contributed by atoms with Crippen molar-refractivity contribution in [2.45, 2.75) is 57.8 Å². The summed E-state index contributed by atoms with van der Waals surface area (Å²) in [6, 6.07) is 4.37. The third-order valence-electron chi connectivity index (χ3n) is 5.16. The van der Waals surface area contributed by atoms with Crippen molar-refractivity contribution in [2.24, 2.45) is 11.8 Å². The molecule has 7 heteroatoms. The molecule has 1 aliphatic carbocycles. The molecule has 1 aliphatic rings. The number of aromatic nitrogens is 3. The highest BCUT2D eigenvalue weighted by Gasteiger charge is 2.28. The molecule has 3 atom stereocenters. The number of amides is 1. The molecule has 0 spiro atoms. The summed E-state index contributed by atoms with van der Waals surface area (Å²) >= 11 is 3.13. The molecule has 3 rings (SSSR count). The van der Waals surface area contributed by atoms with Gasteiger partial charge in [0.25, 0.3) is 0 Å². The predicted molar refractivity (Wildman–Crippen MR) is 104 cm³/mol. The number of hydrogen-bond acceptors (Lipinski definition) is 5. The molecule has 2 heterocycles. The number of nitrogens with zero attached hydrogens (tertiary/aromatic N) is 3. The second kappa shape index (κ2) is 8.36. The van der Waals surface area contributed by atoms with Crippen LogP contribution in [-0.4, -0.2) is 32.5 Å². The molecular formula is C18H26N4OS2. The maximum atomic E-state index is 12.4. The lowest BCUT2D eigenvalue weighted by atomic mass is 9.78. The Labute approximate surface area is 157 Å². The zero-order valence-electron chi connectivity index (χ0n) is 15.1. The Morgan fingerprint density at radius 1 is 1.40 bits per heavy atom. The van der Waals surface area contributed by atoms with Crippen LogP contribution in [0.2, 0.25) is 0 Å². The molecule has 0 radical (unpaired) electrons. The van der Waals surface area contributed by atoms with Gasteiger partial charge in [-0.3, -0.25) is 4.79 Å². The summed E-state index contributed by atoms with van der Waals surface area (Å²) in [7, 11) is 0. The Hall–Kier alpha value is -1.34. The SMILES string of the molecule is CCn1c(SCC(=O)N[C@@H]2CCC[C@H](C)[C@@H]2C)nnc1-c1cccs1. The molecule has 0 aliphatic heterocycles. The highest BCUT2D eigenvalue weighted by atomic mass is 32.2. The van der Waals surface area contributed by atoms with Crippen molar-refractivity contribution >= 4 is 29.0 Å². The number of thioether (sulfide) groups is 1. The highest BCUT2D eigenvalue weighted by Crippen LogP contribution is 2.30. The van der Waals surface area contributed by atoms with Crippen molar-refractivity contribution in [1.29, 1.82) is 0 Å². The summed E-state index contributed by atoms with van der Waals surface area (Å²) in [6.07, 6.45) is 3.57. The average molecular weight is 379 g/mol. The quantitative estimate of drug-likeness (QED) is 0.770. The standard InChI is InChI=1S/C18H26N4OS2/c1-4-22-17(15-9-6-10-24-15)20-21-18(22)25-11-16(23)19-14-8-5-7-12(2)13(14)3/h6,9-10,12-14H,4-5,7-8,11H2,1-3H3,(H,19,23)/t12-,13-,14+/m0/s1. The van der Waals surface area contributed by atoms with Gasteiger partial charge in [-0.1, -0.05) is 44.5 Å². The highest BCUT2D eigenvalue weighted by molar-refractivity contribution is 7.99. The molecule has 1 saturated carbocycles. The van der Waals surface area contributed by atoms with E-state index in [9.17, 15) is 4.79 Å². The first kappa shape index (κ1) is 18.5. The Bertz CT molecular complexity index is 698. The number of carbonyl (C=O) groups is 1. The summed E-state index contributed by atoms with van der Waals surface area (Å²) in [5, 5.41) is 14.7. The first-order chi connectivity index (χ1) is 12.1. The van der Waals surface area contributed by atoms with Crippen molar-refractivity contribution < 1.29 is 4.79 Å². The van der Waals surface area contributed by atoms with Crippen LogP contribution in [0.4, 0.5) is 0 Å². The molecule has 1 fully saturated rings. The molecule has 0 saturated heterocycles. The molecular weight excluding hydrogens is 352 g/mol. The van der Waals surface area contributed by atoms with Gasteiger partial charge in [0.1, 0.15) is 0 Å². The number of rotatable bonds is 6. The fourth-order valence-electron chi connectivity index (χ4n) is 3.43.